The van der Waals surface area contributed by atoms with E-state index < -0.39 is 86.5 Å². The Morgan fingerprint density at radius 2 is 0.842 bits per heavy atom. The first-order valence-corrected chi connectivity index (χ1v) is 35.4. The number of esters is 2. The average molecular weight is 1410 g/mol. The molecule has 2 aromatic heterocycles. The number of nitrogens with zero attached hydrogens (tertiary/aromatic N) is 4. The average Bonchev–Trinajstić information content (AvgIpc) is 1.61. The van der Waals surface area contributed by atoms with Gasteiger partial charge in [-0.05, 0) is 123 Å². The van der Waals surface area contributed by atoms with E-state index in [1.54, 1.807) is 98.8 Å². The van der Waals surface area contributed by atoms with Crippen LogP contribution in [0.2, 0.25) is 0 Å². The number of aromatic hydroxyl groups is 1. The maximum Gasteiger partial charge on any atom is 0.383 e. The van der Waals surface area contributed by atoms with E-state index in [-0.39, 0.29) is 119 Å². The third kappa shape index (κ3) is 16.3. The van der Waals surface area contributed by atoms with Gasteiger partial charge in [0.15, 0.2) is 23.7 Å². The van der Waals surface area contributed by atoms with Crippen molar-refractivity contribution in [3.8, 4) is 34.5 Å². The van der Waals surface area contributed by atoms with Gasteiger partial charge in [0.1, 0.15) is 76.1 Å². The number of hydrogen-bond donors (Lipinski definition) is 1. The van der Waals surface area contributed by atoms with Gasteiger partial charge in [0, 0.05) is 23.2 Å². The van der Waals surface area contributed by atoms with Gasteiger partial charge in [-0.1, -0.05) is 121 Å². The molecule has 0 spiro atoms. The smallest absolute Gasteiger partial charge is 0.383 e. The molecule has 0 radical (unpaired) electrons. The second kappa shape index (κ2) is 31.8. The van der Waals surface area contributed by atoms with E-state index in [1.165, 1.54) is 74.8 Å². The van der Waals surface area contributed by atoms with Gasteiger partial charge >= 0.3 is 27.1 Å². The topological polar surface area (TPSA) is 272 Å². The number of aromatic nitrogens is 2. The normalized spacial score (nSPS) is 14.2. The first kappa shape index (κ1) is 71.1. The molecule has 4 atom stereocenters. The molecule has 2 unspecified atom stereocenters. The predicted octanol–water partition coefficient (Wildman–Crippen LogP) is 14.5. The van der Waals surface area contributed by atoms with Crippen LogP contribution in [0.1, 0.15) is 97.5 Å². The summed E-state index contributed by atoms with van der Waals surface area (Å²) in [6.45, 7) is 5.20. The lowest BCUT2D eigenvalue weighted by molar-refractivity contribution is -0.151. The van der Waals surface area contributed by atoms with Crippen LogP contribution in [0.5, 0.6) is 34.5 Å². The summed E-state index contributed by atoms with van der Waals surface area (Å²) < 4.78 is 108. The first-order valence-electron chi connectivity index (χ1n) is 32.0. The molecule has 101 heavy (non-hydrogen) atoms. The molecular weight excluding hydrogens is 1340 g/mol. The minimum Gasteiger partial charge on any atom is -0.505 e. The third-order valence-electron chi connectivity index (χ3n) is 15.8. The Morgan fingerprint density at radius 1 is 0.475 bits per heavy atom. The standard InChI is InChI=1S/C44H38FN2O9P.C31H28FN2O9P/c1-3-52-44(50)29(2)55-57(51,56-34-18-11-6-12-19-34)27-26-53-40-35-20-13-25-46-38(35)41(54-39(31-14-7-4-8-15-31)32-16-9-5-10-17-32)37-36(40)42(48)47(43(37)49)28-30-21-23-33(45)24-22-30;1-3-40-31(38)19(2)42-44(39,43-22-8-5-4-6-9-22)17-16-41-28-23-10-7-15-33-26(23)27(35)24-25(28)30(37)34(29(24)36)18-20-11-13-21(32)14-12-20/h4-25,29,39H,3,26-28H2,1-2H3;4-15,19,35H,3,16-18H2,1-2H3/t29-,57?;19-,44?/m00/s1. The number of carbonyl (C=O) groups excluding carboxylic acids is 6. The van der Waals surface area contributed by atoms with Crippen molar-refractivity contribution in [2.75, 3.05) is 38.8 Å². The third-order valence-corrected chi connectivity index (χ3v) is 19.5. The number of phenolic OH excluding ortho intramolecular Hbond substituents is 1. The molecule has 8 aromatic carbocycles. The van der Waals surface area contributed by atoms with E-state index in [4.69, 9.17) is 41.8 Å². The van der Waals surface area contributed by atoms with Crippen LogP contribution in [0.4, 0.5) is 8.78 Å². The van der Waals surface area contributed by atoms with Gasteiger partial charge in [0.2, 0.25) is 0 Å². The van der Waals surface area contributed by atoms with Gasteiger partial charge < -0.3 is 37.8 Å². The van der Waals surface area contributed by atoms with Gasteiger partial charge in [0.05, 0.1) is 49.8 Å². The number of phenols is 1. The summed E-state index contributed by atoms with van der Waals surface area (Å²) in [6, 6.07) is 52.7. The largest absolute Gasteiger partial charge is 0.505 e. The van der Waals surface area contributed by atoms with Crippen LogP contribution >= 0.6 is 15.2 Å². The van der Waals surface area contributed by atoms with E-state index in [0.29, 0.717) is 16.5 Å². The van der Waals surface area contributed by atoms with E-state index in [1.807, 2.05) is 60.7 Å². The van der Waals surface area contributed by atoms with E-state index in [0.717, 1.165) is 20.9 Å². The molecule has 2 aliphatic heterocycles. The number of amides is 4. The lowest BCUT2D eigenvalue weighted by atomic mass is 9.99. The fourth-order valence-corrected chi connectivity index (χ4v) is 14.3. The molecule has 10 aromatic rings. The highest BCUT2D eigenvalue weighted by Crippen LogP contribution is 2.53. The summed E-state index contributed by atoms with van der Waals surface area (Å²) in [5.74, 6) is -5.32. The zero-order chi connectivity index (χ0) is 71.4. The maximum atomic E-state index is 14.6. The number of ether oxygens (including phenoxy) is 5. The van der Waals surface area contributed by atoms with E-state index in [9.17, 15) is 51.8 Å². The number of fused-ring (bicyclic) bond motifs is 4. The highest BCUT2D eigenvalue weighted by atomic mass is 31.2. The molecule has 0 bridgehead atoms. The van der Waals surface area contributed by atoms with Crippen molar-refractivity contribution in [3.05, 3.63) is 263 Å². The molecule has 4 heterocycles. The summed E-state index contributed by atoms with van der Waals surface area (Å²) in [4.78, 5) is 91.7. The molecule has 22 nitrogen and oxygen atoms in total. The molecule has 1 N–H and O–H groups in total. The number of pyridine rings is 2. The fourth-order valence-electron chi connectivity index (χ4n) is 11.1. The van der Waals surface area contributed by atoms with Crippen molar-refractivity contribution in [3.63, 3.8) is 0 Å². The van der Waals surface area contributed by atoms with Crippen molar-refractivity contribution in [1.82, 2.24) is 19.8 Å². The highest BCUT2D eigenvalue weighted by molar-refractivity contribution is 7.54. The van der Waals surface area contributed by atoms with Crippen LogP contribution in [0, 0.1) is 11.6 Å². The van der Waals surface area contributed by atoms with Crippen molar-refractivity contribution < 1.29 is 93.6 Å². The van der Waals surface area contributed by atoms with E-state index in [2.05, 4.69) is 9.97 Å². The Bertz CT molecular complexity index is 4760. The van der Waals surface area contributed by atoms with Crippen LogP contribution in [-0.2, 0) is 50.3 Å². The van der Waals surface area contributed by atoms with Crippen LogP contribution in [-0.4, -0.2) is 111 Å². The maximum absolute atomic E-state index is 14.6. The van der Waals surface area contributed by atoms with Crippen molar-refractivity contribution >= 4 is 72.6 Å². The van der Waals surface area contributed by atoms with Crippen LogP contribution in [0.15, 0.2) is 207 Å². The van der Waals surface area contributed by atoms with Crippen molar-refractivity contribution in [2.45, 2.75) is 59.1 Å². The molecule has 12 rings (SSSR count). The number of rotatable bonds is 28. The summed E-state index contributed by atoms with van der Waals surface area (Å²) in [6.07, 6.45) is -0.992. The monoisotopic (exact) mass is 1410 g/mol. The Kier molecular flexibility index (Phi) is 22.4. The molecule has 0 saturated heterocycles. The summed E-state index contributed by atoms with van der Waals surface area (Å²) in [5.41, 5.74) is 2.16. The van der Waals surface area contributed by atoms with Crippen molar-refractivity contribution in [2.24, 2.45) is 0 Å². The Morgan fingerprint density at radius 3 is 1.26 bits per heavy atom. The number of hydrogen-bond acceptors (Lipinski definition) is 20. The molecule has 4 amide bonds. The van der Waals surface area contributed by atoms with Gasteiger partial charge in [-0.25, -0.2) is 27.5 Å². The number of carbonyl (C=O) groups is 6. The number of benzene rings is 8. The summed E-state index contributed by atoms with van der Waals surface area (Å²) in [7, 11) is -8.21. The predicted molar refractivity (Wildman–Crippen MR) is 366 cm³/mol. The Balaban J connectivity index is 0.000000210. The summed E-state index contributed by atoms with van der Waals surface area (Å²) >= 11 is 0. The SMILES string of the molecule is CCOC(=O)[C@H](C)OP(=O)(CCOc1c2c(c(O)c3ncccc13)C(=O)N(Cc1ccc(F)cc1)C2=O)Oc1ccccc1.CCOC(=O)[C@H](C)OP(=O)(CCOc1c2c(c(OC(c3ccccc3)c3ccccc3)c3ncccc13)C(=O)N(Cc1ccc(F)cc1)C2=O)Oc1ccccc1. The minimum atomic E-state index is -4.14. The lowest BCUT2D eigenvalue weighted by Gasteiger charge is -2.24. The van der Waals surface area contributed by atoms with Gasteiger partial charge in [0.25, 0.3) is 23.6 Å². The second-order valence-electron chi connectivity index (χ2n) is 22.8. The number of halogens is 2. The molecule has 0 aliphatic carbocycles. The molecule has 26 heteroatoms. The fraction of sp³-hybridized carbons (Fsp3) is 0.200. The highest BCUT2D eigenvalue weighted by Gasteiger charge is 2.46. The number of imide groups is 2. The van der Waals surface area contributed by atoms with Crippen LogP contribution in [0.3, 0.4) is 0 Å². The minimum absolute atomic E-state index is 0.00100. The molecule has 518 valence electrons. The Labute approximate surface area is 578 Å². The van der Waals surface area contributed by atoms with Crippen molar-refractivity contribution in [1.29, 1.82) is 0 Å². The molecule has 0 saturated carbocycles. The quantitative estimate of drug-likeness (QED) is 0.0271. The second-order valence-corrected chi connectivity index (χ2v) is 26.9. The molecule has 2 aliphatic rings. The van der Waals surface area contributed by atoms with Gasteiger partial charge in [-0.15, -0.1) is 0 Å². The Hall–Kier alpha value is -11.2. The number of para-hydroxylation sites is 2. The van der Waals surface area contributed by atoms with Crippen LogP contribution in [0.25, 0.3) is 21.8 Å². The molecular formula is C75H66F2N4O18P2. The first-order chi connectivity index (χ1) is 48.8. The van der Waals surface area contributed by atoms with Crippen LogP contribution < -0.4 is 23.3 Å². The lowest BCUT2D eigenvalue weighted by Crippen LogP contribution is -2.29. The zero-order valence-electron chi connectivity index (χ0n) is 54.8. The molecule has 0 fully saturated rings. The van der Waals surface area contributed by atoms with Gasteiger partial charge in [-0.2, -0.15) is 0 Å². The summed E-state index contributed by atoms with van der Waals surface area (Å²) in [5, 5.41) is 11.6. The van der Waals surface area contributed by atoms with E-state index >= 15 is 0 Å². The zero-order valence-corrected chi connectivity index (χ0v) is 56.6. The van der Waals surface area contributed by atoms with Gasteiger partial charge in [-0.3, -0.25) is 48.0 Å².